The van der Waals surface area contributed by atoms with E-state index in [1.807, 2.05) is 0 Å². The number of carbonyl (C=O) groups is 2. The van der Waals surface area contributed by atoms with E-state index in [4.69, 9.17) is 4.42 Å². The van der Waals surface area contributed by atoms with Crippen LogP contribution >= 0.6 is 0 Å². The number of furan rings is 1. The number of hydrogen-bond donors (Lipinski definition) is 1. The first-order valence-corrected chi connectivity index (χ1v) is 8.19. The summed E-state index contributed by atoms with van der Waals surface area (Å²) in [6.07, 6.45) is 5.83. The third-order valence-electron chi connectivity index (χ3n) is 4.14. The van der Waals surface area contributed by atoms with Gasteiger partial charge in [-0.15, -0.1) is 0 Å². The van der Waals surface area contributed by atoms with Gasteiger partial charge in [0.05, 0.1) is 6.26 Å². The van der Waals surface area contributed by atoms with Gasteiger partial charge in [-0.3, -0.25) is 9.59 Å². The van der Waals surface area contributed by atoms with Crippen molar-refractivity contribution in [2.45, 2.75) is 18.9 Å². The van der Waals surface area contributed by atoms with Crippen LogP contribution in [-0.2, 0) is 4.79 Å². The average molecular weight is 342 g/mol. The second kappa shape index (κ2) is 7.79. The lowest BCUT2D eigenvalue weighted by atomic mass is 10.0. The van der Waals surface area contributed by atoms with E-state index in [0.717, 1.165) is 0 Å². The SMILES string of the molecule is O=C(/C=C/c1cccc(F)c1)NC1CCN(C(=O)c2ccco2)CC1. The molecule has 0 bridgehead atoms. The molecule has 1 fully saturated rings. The molecule has 0 atom stereocenters. The van der Waals surface area contributed by atoms with E-state index >= 15 is 0 Å². The molecule has 3 rings (SSSR count). The van der Waals surface area contributed by atoms with E-state index in [1.54, 1.807) is 35.2 Å². The maximum Gasteiger partial charge on any atom is 0.289 e. The number of amides is 2. The van der Waals surface area contributed by atoms with Gasteiger partial charge in [-0.2, -0.15) is 0 Å². The number of hydrogen-bond acceptors (Lipinski definition) is 3. The first-order valence-electron chi connectivity index (χ1n) is 8.19. The highest BCUT2D eigenvalue weighted by molar-refractivity contribution is 5.92. The molecular weight excluding hydrogens is 323 g/mol. The number of nitrogens with one attached hydrogen (secondary N) is 1. The first kappa shape index (κ1) is 17.0. The highest BCUT2D eigenvalue weighted by Gasteiger charge is 2.25. The Kier molecular flexibility index (Phi) is 5.28. The van der Waals surface area contributed by atoms with Gasteiger partial charge in [0.15, 0.2) is 5.76 Å². The van der Waals surface area contributed by atoms with Crippen LogP contribution in [0.4, 0.5) is 4.39 Å². The molecule has 0 aliphatic carbocycles. The summed E-state index contributed by atoms with van der Waals surface area (Å²) in [5, 5.41) is 2.92. The minimum Gasteiger partial charge on any atom is -0.459 e. The van der Waals surface area contributed by atoms with Gasteiger partial charge in [0.2, 0.25) is 5.91 Å². The Labute approximate surface area is 145 Å². The van der Waals surface area contributed by atoms with Crippen molar-refractivity contribution in [1.82, 2.24) is 10.2 Å². The Hall–Kier alpha value is -2.89. The predicted molar refractivity (Wildman–Crippen MR) is 91.2 cm³/mol. The monoisotopic (exact) mass is 342 g/mol. The topological polar surface area (TPSA) is 62.6 Å². The molecule has 2 heterocycles. The minimum atomic E-state index is -0.337. The van der Waals surface area contributed by atoms with Gasteiger partial charge in [0.25, 0.3) is 5.91 Å². The number of halogens is 1. The normalized spacial score (nSPS) is 15.5. The molecule has 0 unspecified atom stereocenters. The summed E-state index contributed by atoms with van der Waals surface area (Å²) in [6, 6.07) is 9.39. The molecule has 2 aromatic rings. The summed E-state index contributed by atoms with van der Waals surface area (Å²) in [7, 11) is 0. The van der Waals surface area contributed by atoms with Gasteiger partial charge in [-0.25, -0.2) is 4.39 Å². The van der Waals surface area contributed by atoms with Gasteiger partial charge in [-0.05, 0) is 48.7 Å². The van der Waals surface area contributed by atoms with Gasteiger partial charge >= 0.3 is 0 Å². The summed E-state index contributed by atoms with van der Waals surface area (Å²) in [6.45, 7) is 1.14. The van der Waals surface area contributed by atoms with E-state index in [2.05, 4.69) is 5.32 Å². The quantitative estimate of drug-likeness (QED) is 0.869. The number of nitrogens with zero attached hydrogens (tertiary/aromatic N) is 1. The molecule has 0 spiro atoms. The summed E-state index contributed by atoms with van der Waals surface area (Å²) in [5.74, 6) is -0.350. The number of likely N-dealkylation sites (tertiary alicyclic amines) is 1. The third-order valence-corrected chi connectivity index (χ3v) is 4.14. The molecule has 130 valence electrons. The number of rotatable bonds is 4. The lowest BCUT2D eigenvalue weighted by Crippen LogP contribution is -2.46. The maximum atomic E-state index is 13.1. The van der Waals surface area contributed by atoms with Gasteiger partial charge in [0.1, 0.15) is 5.82 Å². The molecule has 0 radical (unpaired) electrons. The molecule has 2 amide bonds. The van der Waals surface area contributed by atoms with Crippen molar-refractivity contribution >= 4 is 17.9 Å². The zero-order valence-corrected chi connectivity index (χ0v) is 13.7. The Balaban J connectivity index is 1.47. The van der Waals surface area contributed by atoms with Gasteiger partial charge in [-0.1, -0.05) is 12.1 Å². The van der Waals surface area contributed by atoms with Crippen LogP contribution in [-0.4, -0.2) is 35.8 Å². The van der Waals surface area contributed by atoms with Gasteiger partial charge in [0, 0.05) is 25.2 Å². The smallest absolute Gasteiger partial charge is 0.289 e. The van der Waals surface area contributed by atoms with Crippen LogP contribution in [0.3, 0.4) is 0 Å². The zero-order valence-electron chi connectivity index (χ0n) is 13.7. The molecule has 1 aliphatic heterocycles. The molecule has 1 N–H and O–H groups in total. The van der Waals surface area contributed by atoms with Crippen LogP contribution in [0.15, 0.2) is 53.2 Å². The molecule has 5 nitrogen and oxygen atoms in total. The van der Waals surface area contributed by atoms with E-state index in [9.17, 15) is 14.0 Å². The molecular formula is C19H19FN2O3. The van der Waals surface area contributed by atoms with E-state index in [1.165, 1.54) is 24.5 Å². The average Bonchev–Trinajstić information content (AvgIpc) is 3.15. The predicted octanol–water partition coefficient (Wildman–Crippen LogP) is 2.85. The van der Waals surface area contributed by atoms with Crippen molar-refractivity contribution < 1.29 is 18.4 Å². The molecule has 6 heteroatoms. The molecule has 1 aliphatic rings. The van der Waals surface area contributed by atoms with Crippen molar-refractivity contribution in [1.29, 1.82) is 0 Å². The molecule has 0 saturated carbocycles. The van der Waals surface area contributed by atoms with Crippen LogP contribution in [0.5, 0.6) is 0 Å². The molecule has 1 aromatic carbocycles. The van der Waals surface area contributed by atoms with Crippen molar-refractivity contribution in [3.8, 4) is 0 Å². The van der Waals surface area contributed by atoms with Crippen molar-refractivity contribution in [3.63, 3.8) is 0 Å². The van der Waals surface area contributed by atoms with Crippen LogP contribution in [0, 0.1) is 5.82 Å². The second-order valence-corrected chi connectivity index (χ2v) is 5.94. The standard InChI is InChI=1S/C19H19FN2O3/c20-15-4-1-3-14(13-15)6-7-18(23)21-16-8-10-22(11-9-16)19(24)17-5-2-12-25-17/h1-7,12-13,16H,8-11H2,(H,21,23)/b7-6+. The number of carbonyl (C=O) groups excluding carboxylic acids is 2. The largest absolute Gasteiger partial charge is 0.459 e. The summed E-state index contributed by atoms with van der Waals surface area (Å²) < 4.78 is 18.2. The third kappa shape index (κ3) is 4.56. The van der Waals surface area contributed by atoms with Crippen LogP contribution in [0.25, 0.3) is 6.08 Å². The summed E-state index contributed by atoms with van der Waals surface area (Å²) in [5.41, 5.74) is 0.633. The molecule has 25 heavy (non-hydrogen) atoms. The number of piperidine rings is 1. The van der Waals surface area contributed by atoms with E-state index in [0.29, 0.717) is 37.3 Å². The van der Waals surface area contributed by atoms with E-state index < -0.39 is 0 Å². The Morgan fingerprint density at radius 3 is 2.68 bits per heavy atom. The summed E-state index contributed by atoms with van der Waals surface area (Å²) >= 11 is 0. The second-order valence-electron chi connectivity index (χ2n) is 5.94. The minimum absolute atomic E-state index is 0.0188. The lowest BCUT2D eigenvalue weighted by Gasteiger charge is -2.31. The first-order chi connectivity index (χ1) is 12.1. The van der Waals surface area contributed by atoms with Gasteiger partial charge < -0.3 is 14.6 Å². The van der Waals surface area contributed by atoms with Crippen molar-refractivity contribution in [2.75, 3.05) is 13.1 Å². The van der Waals surface area contributed by atoms with Crippen molar-refractivity contribution in [3.05, 3.63) is 65.9 Å². The van der Waals surface area contributed by atoms with Crippen molar-refractivity contribution in [2.24, 2.45) is 0 Å². The number of benzene rings is 1. The maximum absolute atomic E-state index is 13.1. The van der Waals surface area contributed by atoms with Crippen LogP contribution in [0.2, 0.25) is 0 Å². The lowest BCUT2D eigenvalue weighted by molar-refractivity contribution is -0.117. The Morgan fingerprint density at radius 1 is 1.20 bits per heavy atom. The van der Waals surface area contributed by atoms with E-state index in [-0.39, 0.29) is 23.7 Å². The molecule has 1 saturated heterocycles. The Morgan fingerprint density at radius 2 is 2.00 bits per heavy atom. The Bertz CT molecular complexity index is 763. The molecule has 1 aromatic heterocycles. The fourth-order valence-electron chi connectivity index (χ4n) is 2.81. The highest BCUT2D eigenvalue weighted by Crippen LogP contribution is 2.14. The highest BCUT2D eigenvalue weighted by atomic mass is 19.1. The van der Waals surface area contributed by atoms with Crippen LogP contribution in [0.1, 0.15) is 29.0 Å². The van der Waals surface area contributed by atoms with Crippen LogP contribution < -0.4 is 5.32 Å². The fraction of sp³-hybridized carbons (Fsp3) is 0.263. The zero-order chi connectivity index (χ0) is 17.6. The summed E-state index contributed by atoms with van der Waals surface area (Å²) in [4.78, 5) is 25.9. The fourth-order valence-corrected chi connectivity index (χ4v) is 2.81.